The molecule has 2 aromatic rings. The van der Waals surface area contributed by atoms with Crippen molar-refractivity contribution in [2.24, 2.45) is 0 Å². The summed E-state index contributed by atoms with van der Waals surface area (Å²) in [7, 11) is 0. The van der Waals surface area contributed by atoms with Crippen LogP contribution in [0.5, 0.6) is 0 Å². The number of hydrogen-bond donors (Lipinski definition) is 2. The van der Waals surface area contributed by atoms with Gasteiger partial charge in [-0.1, -0.05) is 25.4 Å². The van der Waals surface area contributed by atoms with E-state index in [1.165, 1.54) is 11.8 Å². The Morgan fingerprint density at radius 2 is 2.24 bits per heavy atom. The standard InChI is InChI=1S/C14H19ClN4OS/c1-4-19-13(20)17-18-14(19)21-12-6-5-11(15)7-10(12)8-16-9(2)3/h5-7,9,16H,4,8H2,1-3H3,(H,17,20). The average molecular weight is 327 g/mol. The highest BCUT2D eigenvalue weighted by Crippen LogP contribution is 2.30. The predicted octanol–water partition coefficient (Wildman–Crippen LogP) is 2.89. The lowest BCUT2D eigenvalue weighted by Gasteiger charge is -2.12. The highest BCUT2D eigenvalue weighted by Gasteiger charge is 2.12. The Kier molecular flexibility index (Phi) is 5.50. The predicted molar refractivity (Wildman–Crippen MR) is 86.1 cm³/mol. The fourth-order valence-corrected chi connectivity index (χ4v) is 3.06. The van der Waals surface area contributed by atoms with Crippen LogP contribution < -0.4 is 11.0 Å². The molecule has 0 aliphatic carbocycles. The molecule has 0 bridgehead atoms. The fourth-order valence-electron chi connectivity index (χ4n) is 1.86. The molecule has 1 heterocycles. The van der Waals surface area contributed by atoms with Gasteiger partial charge < -0.3 is 5.32 Å². The van der Waals surface area contributed by atoms with Gasteiger partial charge in [0, 0.05) is 29.0 Å². The SMILES string of the molecule is CCn1c(Sc2ccc(Cl)cc2CNC(C)C)n[nH]c1=O. The van der Waals surface area contributed by atoms with Crippen molar-refractivity contribution in [1.82, 2.24) is 20.1 Å². The van der Waals surface area contributed by atoms with E-state index in [1.807, 2.05) is 25.1 Å². The van der Waals surface area contributed by atoms with Gasteiger partial charge in [0.2, 0.25) is 0 Å². The lowest BCUT2D eigenvalue weighted by Crippen LogP contribution is -2.22. The summed E-state index contributed by atoms with van der Waals surface area (Å²) in [6, 6.07) is 6.15. The molecule has 1 aromatic carbocycles. The van der Waals surface area contributed by atoms with Crippen LogP contribution in [0.3, 0.4) is 0 Å². The van der Waals surface area contributed by atoms with Gasteiger partial charge in [0.05, 0.1) is 0 Å². The second kappa shape index (κ2) is 7.15. The van der Waals surface area contributed by atoms with E-state index in [2.05, 4.69) is 29.4 Å². The van der Waals surface area contributed by atoms with Crippen molar-refractivity contribution in [3.8, 4) is 0 Å². The van der Waals surface area contributed by atoms with Crippen molar-refractivity contribution < 1.29 is 0 Å². The number of H-pyrrole nitrogens is 1. The van der Waals surface area contributed by atoms with E-state index >= 15 is 0 Å². The Hall–Kier alpha value is -1.24. The minimum absolute atomic E-state index is 0.184. The van der Waals surface area contributed by atoms with Crippen LogP contribution in [0.4, 0.5) is 0 Å². The number of benzene rings is 1. The van der Waals surface area contributed by atoms with Crippen LogP contribution in [-0.4, -0.2) is 20.8 Å². The van der Waals surface area contributed by atoms with E-state index in [-0.39, 0.29) is 5.69 Å². The first-order chi connectivity index (χ1) is 10.0. The number of nitrogens with zero attached hydrogens (tertiary/aromatic N) is 2. The number of hydrogen-bond acceptors (Lipinski definition) is 4. The van der Waals surface area contributed by atoms with Gasteiger partial charge in [-0.15, -0.1) is 5.10 Å². The van der Waals surface area contributed by atoms with Gasteiger partial charge in [-0.25, -0.2) is 9.89 Å². The van der Waals surface area contributed by atoms with Gasteiger partial charge in [0.1, 0.15) is 0 Å². The lowest BCUT2D eigenvalue weighted by molar-refractivity contribution is 0.584. The Bertz CT molecular complexity index is 665. The zero-order valence-corrected chi connectivity index (χ0v) is 13.9. The van der Waals surface area contributed by atoms with Crippen molar-refractivity contribution in [3.05, 3.63) is 39.3 Å². The molecule has 0 spiro atoms. The Morgan fingerprint density at radius 1 is 1.48 bits per heavy atom. The van der Waals surface area contributed by atoms with Crippen molar-refractivity contribution in [1.29, 1.82) is 0 Å². The van der Waals surface area contributed by atoms with Crippen molar-refractivity contribution in [2.75, 3.05) is 0 Å². The first-order valence-electron chi connectivity index (χ1n) is 6.86. The van der Waals surface area contributed by atoms with E-state index < -0.39 is 0 Å². The highest BCUT2D eigenvalue weighted by molar-refractivity contribution is 7.99. The van der Waals surface area contributed by atoms with Gasteiger partial charge in [-0.2, -0.15) is 0 Å². The summed E-state index contributed by atoms with van der Waals surface area (Å²) in [4.78, 5) is 12.7. The van der Waals surface area contributed by atoms with Gasteiger partial charge in [0.25, 0.3) is 0 Å². The molecular formula is C14H19ClN4OS. The monoisotopic (exact) mass is 326 g/mol. The lowest BCUT2D eigenvalue weighted by atomic mass is 10.2. The molecule has 0 amide bonds. The number of rotatable bonds is 6. The van der Waals surface area contributed by atoms with Crippen molar-refractivity contribution in [3.63, 3.8) is 0 Å². The molecule has 0 unspecified atom stereocenters. The van der Waals surface area contributed by atoms with Gasteiger partial charge >= 0.3 is 5.69 Å². The van der Waals surface area contributed by atoms with Gasteiger partial charge in [0.15, 0.2) is 5.16 Å². The second-order valence-corrected chi connectivity index (χ2v) is 6.39. The van der Waals surface area contributed by atoms with E-state index in [9.17, 15) is 4.79 Å². The molecule has 21 heavy (non-hydrogen) atoms. The largest absolute Gasteiger partial charge is 0.343 e. The van der Waals surface area contributed by atoms with E-state index in [0.29, 0.717) is 22.8 Å². The van der Waals surface area contributed by atoms with Crippen LogP contribution in [0.2, 0.25) is 5.02 Å². The minimum Gasteiger partial charge on any atom is -0.310 e. The van der Waals surface area contributed by atoms with Crippen LogP contribution >= 0.6 is 23.4 Å². The molecule has 0 radical (unpaired) electrons. The second-order valence-electron chi connectivity index (χ2n) is 4.95. The maximum atomic E-state index is 11.6. The van der Waals surface area contributed by atoms with Crippen molar-refractivity contribution >= 4 is 23.4 Å². The van der Waals surface area contributed by atoms with Crippen LogP contribution in [0.25, 0.3) is 0 Å². The molecular weight excluding hydrogens is 308 g/mol. The maximum Gasteiger partial charge on any atom is 0.343 e. The Balaban J connectivity index is 2.28. The summed E-state index contributed by atoms with van der Waals surface area (Å²) in [5.74, 6) is 0. The Morgan fingerprint density at radius 3 is 2.90 bits per heavy atom. The smallest absolute Gasteiger partial charge is 0.310 e. The van der Waals surface area contributed by atoms with Gasteiger partial charge in [-0.05, 0) is 42.4 Å². The summed E-state index contributed by atoms with van der Waals surface area (Å²) in [5, 5.41) is 11.3. The third-order valence-electron chi connectivity index (χ3n) is 2.96. The molecule has 2 rings (SSSR count). The van der Waals surface area contributed by atoms with E-state index in [4.69, 9.17) is 11.6 Å². The summed E-state index contributed by atoms with van der Waals surface area (Å²) >= 11 is 7.55. The summed E-state index contributed by atoms with van der Waals surface area (Å²) in [6.45, 7) is 7.43. The molecule has 2 N–H and O–H groups in total. The number of aromatic amines is 1. The molecule has 1 aromatic heterocycles. The quantitative estimate of drug-likeness (QED) is 0.856. The first kappa shape index (κ1) is 16.1. The highest BCUT2D eigenvalue weighted by atomic mass is 35.5. The Labute approximate surface area is 133 Å². The van der Waals surface area contributed by atoms with Gasteiger partial charge in [-0.3, -0.25) is 4.57 Å². The molecule has 0 aliphatic rings. The molecule has 114 valence electrons. The average Bonchev–Trinajstić information content (AvgIpc) is 2.79. The fraction of sp³-hybridized carbons (Fsp3) is 0.429. The van der Waals surface area contributed by atoms with Crippen LogP contribution in [-0.2, 0) is 13.1 Å². The van der Waals surface area contributed by atoms with Crippen LogP contribution in [0, 0.1) is 0 Å². The number of halogens is 1. The zero-order chi connectivity index (χ0) is 15.4. The molecule has 0 saturated carbocycles. The third-order valence-corrected chi connectivity index (χ3v) is 4.31. The topological polar surface area (TPSA) is 62.7 Å². The maximum absolute atomic E-state index is 11.6. The number of aromatic nitrogens is 3. The molecule has 0 saturated heterocycles. The molecule has 5 nitrogen and oxygen atoms in total. The van der Waals surface area contributed by atoms with E-state index in [1.54, 1.807) is 4.57 Å². The molecule has 0 atom stereocenters. The summed E-state index contributed by atoms with van der Waals surface area (Å²) in [6.07, 6.45) is 0. The summed E-state index contributed by atoms with van der Waals surface area (Å²) < 4.78 is 1.61. The normalized spacial score (nSPS) is 11.3. The zero-order valence-electron chi connectivity index (χ0n) is 12.3. The molecule has 0 aliphatic heterocycles. The molecule has 7 heteroatoms. The minimum atomic E-state index is -0.184. The number of nitrogens with one attached hydrogen (secondary N) is 2. The van der Waals surface area contributed by atoms with Crippen LogP contribution in [0.15, 0.2) is 33.0 Å². The third kappa shape index (κ3) is 4.12. The summed E-state index contributed by atoms with van der Waals surface area (Å²) in [5.41, 5.74) is 0.912. The molecule has 0 fully saturated rings. The first-order valence-corrected chi connectivity index (χ1v) is 8.05. The van der Waals surface area contributed by atoms with Crippen LogP contribution in [0.1, 0.15) is 26.3 Å². The van der Waals surface area contributed by atoms with E-state index in [0.717, 1.165) is 17.0 Å². The van der Waals surface area contributed by atoms with Crippen molar-refractivity contribution in [2.45, 2.75) is 50.0 Å².